The molecular weight excluding hydrogens is 454 g/mol. The predicted molar refractivity (Wildman–Crippen MR) is 141 cm³/mol. The molecule has 188 valence electrons. The maximum atomic E-state index is 12.9. The molecule has 7 heteroatoms. The third kappa shape index (κ3) is 6.56. The molecule has 3 aromatic rings. The van der Waals surface area contributed by atoms with Crippen LogP contribution in [0.15, 0.2) is 72.8 Å². The summed E-state index contributed by atoms with van der Waals surface area (Å²) in [5, 5.41) is 18.9. The number of aromatic hydroxyl groups is 1. The van der Waals surface area contributed by atoms with Gasteiger partial charge in [0.25, 0.3) is 5.91 Å². The van der Waals surface area contributed by atoms with E-state index in [-0.39, 0.29) is 29.5 Å². The van der Waals surface area contributed by atoms with E-state index in [0.717, 1.165) is 48.2 Å². The number of rotatable bonds is 9. The van der Waals surface area contributed by atoms with Gasteiger partial charge in [-0.05, 0) is 72.5 Å². The topological polar surface area (TPSA) is 99.7 Å². The van der Waals surface area contributed by atoms with Gasteiger partial charge in [0.05, 0.1) is 13.0 Å². The standard InChI is InChI=1S/C29H33N3O4/c1-36-25-16-12-23(13-17-25)30-18-19-31-29(35)26-4-2-3-5-27(26)32-28(34)22-8-6-20(7-9-22)21-10-14-24(33)15-11-21/h6-17,26-27,30,33H,2-5,18-19H2,1H3,(H,31,35)(H,32,34)/t26-,27+/m1/s1. The van der Waals surface area contributed by atoms with Crippen LogP contribution < -0.4 is 20.7 Å². The molecule has 1 saturated carbocycles. The second-order valence-electron chi connectivity index (χ2n) is 9.04. The van der Waals surface area contributed by atoms with Gasteiger partial charge in [-0.25, -0.2) is 0 Å². The number of methoxy groups -OCH3 is 1. The van der Waals surface area contributed by atoms with Crippen molar-refractivity contribution in [3.63, 3.8) is 0 Å². The number of ether oxygens (including phenoxy) is 1. The number of amides is 2. The highest BCUT2D eigenvalue weighted by atomic mass is 16.5. The lowest BCUT2D eigenvalue weighted by Crippen LogP contribution is -2.49. The molecule has 2 atom stereocenters. The van der Waals surface area contributed by atoms with E-state index < -0.39 is 0 Å². The second-order valence-corrected chi connectivity index (χ2v) is 9.04. The van der Waals surface area contributed by atoms with Crippen molar-refractivity contribution in [2.75, 3.05) is 25.5 Å². The highest BCUT2D eigenvalue weighted by molar-refractivity contribution is 5.95. The molecule has 7 nitrogen and oxygen atoms in total. The van der Waals surface area contributed by atoms with E-state index in [4.69, 9.17) is 4.74 Å². The summed E-state index contributed by atoms with van der Waals surface area (Å²) >= 11 is 0. The van der Waals surface area contributed by atoms with E-state index in [1.165, 1.54) is 0 Å². The van der Waals surface area contributed by atoms with Gasteiger partial charge >= 0.3 is 0 Å². The molecule has 0 spiro atoms. The van der Waals surface area contributed by atoms with Crippen molar-refractivity contribution in [1.82, 2.24) is 10.6 Å². The van der Waals surface area contributed by atoms with Crippen molar-refractivity contribution in [3.8, 4) is 22.6 Å². The van der Waals surface area contributed by atoms with Crippen LogP contribution in [0, 0.1) is 5.92 Å². The Bertz CT molecular complexity index is 1140. The number of phenolic OH excluding ortho intramolecular Hbond substituents is 1. The first-order valence-corrected chi connectivity index (χ1v) is 12.4. The molecule has 1 aliphatic rings. The minimum Gasteiger partial charge on any atom is -0.508 e. The maximum Gasteiger partial charge on any atom is 0.251 e. The predicted octanol–water partition coefficient (Wildman–Crippen LogP) is 4.58. The van der Waals surface area contributed by atoms with Gasteiger partial charge in [0.15, 0.2) is 0 Å². The summed E-state index contributed by atoms with van der Waals surface area (Å²) in [5.41, 5.74) is 3.45. The smallest absolute Gasteiger partial charge is 0.251 e. The van der Waals surface area contributed by atoms with Crippen molar-refractivity contribution in [2.45, 2.75) is 31.7 Å². The Kier molecular flexibility index (Phi) is 8.44. The Morgan fingerprint density at radius 2 is 1.50 bits per heavy atom. The Balaban J connectivity index is 1.28. The van der Waals surface area contributed by atoms with Gasteiger partial charge in [-0.3, -0.25) is 9.59 Å². The Morgan fingerprint density at radius 3 is 2.17 bits per heavy atom. The van der Waals surface area contributed by atoms with Gasteiger partial charge in [0, 0.05) is 30.4 Å². The van der Waals surface area contributed by atoms with Gasteiger partial charge in [0.2, 0.25) is 5.91 Å². The summed E-state index contributed by atoms with van der Waals surface area (Å²) in [6.07, 6.45) is 3.53. The van der Waals surface area contributed by atoms with E-state index in [1.54, 1.807) is 31.4 Å². The quantitative estimate of drug-likeness (QED) is 0.331. The van der Waals surface area contributed by atoms with Crippen LogP contribution in [0.5, 0.6) is 11.5 Å². The van der Waals surface area contributed by atoms with E-state index in [9.17, 15) is 14.7 Å². The van der Waals surface area contributed by atoms with Crippen LogP contribution in [0.25, 0.3) is 11.1 Å². The van der Waals surface area contributed by atoms with Crippen LogP contribution in [0.4, 0.5) is 5.69 Å². The number of hydrogen-bond donors (Lipinski definition) is 4. The van der Waals surface area contributed by atoms with E-state index in [1.807, 2.05) is 48.5 Å². The zero-order valence-corrected chi connectivity index (χ0v) is 20.5. The van der Waals surface area contributed by atoms with Crippen LogP contribution in [0.1, 0.15) is 36.0 Å². The lowest BCUT2D eigenvalue weighted by atomic mass is 9.83. The van der Waals surface area contributed by atoms with Crippen LogP contribution in [0.2, 0.25) is 0 Å². The third-order valence-corrected chi connectivity index (χ3v) is 6.61. The molecule has 0 aliphatic heterocycles. The summed E-state index contributed by atoms with van der Waals surface area (Å²) in [5.74, 6) is 0.596. The minimum atomic E-state index is -0.236. The fourth-order valence-corrected chi connectivity index (χ4v) is 4.57. The molecule has 1 aliphatic carbocycles. The van der Waals surface area contributed by atoms with Crippen molar-refractivity contribution in [3.05, 3.63) is 78.4 Å². The molecule has 0 heterocycles. The largest absolute Gasteiger partial charge is 0.508 e. The van der Waals surface area contributed by atoms with Gasteiger partial charge in [-0.1, -0.05) is 37.1 Å². The summed E-state index contributed by atoms with van der Waals surface area (Å²) < 4.78 is 5.16. The molecular formula is C29H33N3O4. The van der Waals surface area contributed by atoms with Crippen molar-refractivity contribution < 1.29 is 19.4 Å². The maximum absolute atomic E-state index is 12.9. The number of phenols is 1. The molecule has 36 heavy (non-hydrogen) atoms. The first-order valence-electron chi connectivity index (χ1n) is 12.4. The van der Waals surface area contributed by atoms with Gasteiger partial charge in [0.1, 0.15) is 11.5 Å². The SMILES string of the molecule is COc1ccc(NCCNC(=O)[C@@H]2CCCC[C@@H]2NC(=O)c2ccc(-c3ccc(O)cc3)cc2)cc1. The summed E-state index contributed by atoms with van der Waals surface area (Å²) in [6.45, 7) is 1.11. The summed E-state index contributed by atoms with van der Waals surface area (Å²) in [6, 6.07) is 21.8. The second kappa shape index (κ2) is 12.1. The Labute approximate surface area is 211 Å². The van der Waals surface area contributed by atoms with Crippen LogP contribution in [-0.2, 0) is 4.79 Å². The van der Waals surface area contributed by atoms with Crippen LogP contribution in [0.3, 0.4) is 0 Å². The fraction of sp³-hybridized carbons (Fsp3) is 0.310. The molecule has 1 fully saturated rings. The van der Waals surface area contributed by atoms with E-state index in [2.05, 4.69) is 16.0 Å². The Morgan fingerprint density at radius 1 is 0.861 bits per heavy atom. The first kappa shape index (κ1) is 25.1. The van der Waals surface area contributed by atoms with Gasteiger partial charge in [-0.15, -0.1) is 0 Å². The van der Waals surface area contributed by atoms with Crippen LogP contribution in [-0.4, -0.2) is 43.2 Å². The molecule has 0 bridgehead atoms. The average Bonchev–Trinajstić information content (AvgIpc) is 2.92. The number of nitrogens with one attached hydrogen (secondary N) is 3. The highest BCUT2D eigenvalue weighted by Crippen LogP contribution is 2.26. The number of benzene rings is 3. The molecule has 4 rings (SSSR count). The summed E-state index contributed by atoms with van der Waals surface area (Å²) in [4.78, 5) is 25.9. The van der Waals surface area contributed by atoms with Gasteiger partial charge in [-0.2, -0.15) is 0 Å². The number of anilines is 1. The normalized spacial score (nSPS) is 17.1. The summed E-state index contributed by atoms with van der Waals surface area (Å²) in [7, 11) is 1.63. The van der Waals surface area contributed by atoms with E-state index in [0.29, 0.717) is 18.7 Å². The first-order chi connectivity index (χ1) is 17.5. The van der Waals surface area contributed by atoms with Gasteiger partial charge < -0.3 is 25.8 Å². The molecule has 3 aromatic carbocycles. The molecule has 4 N–H and O–H groups in total. The molecule has 0 saturated heterocycles. The zero-order valence-electron chi connectivity index (χ0n) is 20.5. The lowest BCUT2D eigenvalue weighted by molar-refractivity contribution is -0.126. The Hall–Kier alpha value is -4.00. The fourth-order valence-electron chi connectivity index (χ4n) is 4.57. The third-order valence-electron chi connectivity index (χ3n) is 6.61. The van der Waals surface area contributed by atoms with Crippen molar-refractivity contribution in [2.24, 2.45) is 5.92 Å². The van der Waals surface area contributed by atoms with Crippen molar-refractivity contribution >= 4 is 17.5 Å². The molecule has 0 unspecified atom stereocenters. The number of carbonyl (C=O) groups excluding carboxylic acids is 2. The van der Waals surface area contributed by atoms with Crippen molar-refractivity contribution in [1.29, 1.82) is 0 Å². The molecule has 0 aromatic heterocycles. The monoisotopic (exact) mass is 487 g/mol. The minimum absolute atomic E-state index is 0.0146. The molecule has 2 amide bonds. The highest BCUT2D eigenvalue weighted by Gasteiger charge is 2.32. The number of carbonyl (C=O) groups is 2. The zero-order chi connectivity index (χ0) is 25.3. The average molecular weight is 488 g/mol. The molecule has 0 radical (unpaired) electrons. The number of hydrogen-bond acceptors (Lipinski definition) is 5. The van der Waals surface area contributed by atoms with E-state index >= 15 is 0 Å². The van der Waals surface area contributed by atoms with Crippen LogP contribution >= 0.6 is 0 Å². The lowest BCUT2D eigenvalue weighted by Gasteiger charge is -2.31.